The summed E-state index contributed by atoms with van der Waals surface area (Å²) in [6, 6.07) is 2.50. The zero-order valence-corrected chi connectivity index (χ0v) is 10.00. The van der Waals surface area contributed by atoms with Crippen LogP contribution in [0, 0.1) is 16.4 Å². The molecular formula is C9H8BrF2NOS. The summed E-state index contributed by atoms with van der Waals surface area (Å²) in [5.41, 5.74) is 0. The first-order valence-corrected chi connectivity index (χ1v) is 6.77. The Morgan fingerprint density at radius 2 is 1.93 bits per heavy atom. The summed E-state index contributed by atoms with van der Waals surface area (Å²) < 4.78 is 46.1. The zero-order valence-electron chi connectivity index (χ0n) is 7.60. The molecule has 1 N–H and O–H groups in total. The normalized spacial score (nSPS) is 19.9. The van der Waals surface area contributed by atoms with Crippen molar-refractivity contribution in [3.05, 3.63) is 28.2 Å². The van der Waals surface area contributed by atoms with Crippen molar-refractivity contribution in [3.63, 3.8) is 0 Å². The second kappa shape index (κ2) is 3.52. The topological polar surface area (TPSA) is 40.9 Å². The van der Waals surface area contributed by atoms with Gasteiger partial charge in [0, 0.05) is 5.25 Å². The van der Waals surface area contributed by atoms with Gasteiger partial charge in [-0.3, -0.25) is 0 Å². The lowest BCUT2D eigenvalue weighted by Crippen LogP contribution is -2.09. The highest BCUT2D eigenvalue weighted by Crippen LogP contribution is 2.36. The smallest absolute Gasteiger partial charge is 0.176 e. The molecule has 2 rings (SSSR count). The van der Waals surface area contributed by atoms with Crippen LogP contribution in [0.5, 0.6) is 0 Å². The average molecular weight is 296 g/mol. The molecule has 1 aromatic carbocycles. The minimum Gasteiger partial charge on any atom is -0.249 e. The van der Waals surface area contributed by atoms with Crippen molar-refractivity contribution < 1.29 is 13.0 Å². The Morgan fingerprint density at radius 1 is 1.33 bits per heavy atom. The van der Waals surface area contributed by atoms with E-state index in [4.69, 9.17) is 4.78 Å². The van der Waals surface area contributed by atoms with Crippen molar-refractivity contribution >= 4 is 25.7 Å². The third-order valence-electron chi connectivity index (χ3n) is 2.32. The molecule has 15 heavy (non-hydrogen) atoms. The molecule has 0 saturated heterocycles. The first kappa shape index (κ1) is 11.0. The van der Waals surface area contributed by atoms with E-state index in [9.17, 15) is 13.0 Å². The molecule has 1 aliphatic carbocycles. The highest BCUT2D eigenvalue weighted by molar-refractivity contribution is 9.10. The molecule has 0 aromatic heterocycles. The predicted molar refractivity (Wildman–Crippen MR) is 56.2 cm³/mol. The number of halogens is 3. The Labute approximate surface area is 94.8 Å². The van der Waals surface area contributed by atoms with Gasteiger partial charge in [-0.1, -0.05) is 0 Å². The Balaban J connectivity index is 2.59. The van der Waals surface area contributed by atoms with Crippen LogP contribution in [0.15, 0.2) is 21.5 Å². The lowest BCUT2D eigenvalue weighted by molar-refractivity contribution is 0.484. The molecule has 1 fully saturated rings. The lowest BCUT2D eigenvalue weighted by Gasteiger charge is -2.08. The molecule has 1 aliphatic rings. The van der Waals surface area contributed by atoms with E-state index in [1.165, 1.54) is 12.1 Å². The molecule has 0 heterocycles. The standard InChI is InChI=1S/C9H8BrF2NOS/c10-6-3-4-7(9(12)8(6)11)15(13,14)5-1-2-5/h3-5,13H,1-2H2. The molecule has 1 aromatic rings. The summed E-state index contributed by atoms with van der Waals surface area (Å²) in [4.78, 5) is -0.314. The van der Waals surface area contributed by atoms with Gasteiger partial charge in [-0.2, -0.15) is 0 Å². The van der Waals surface area contributed by atoms with Crippen molar-refractivity contribution in [1.82, 2.24) is 0 Å². The third-order valence-corrected chi connectivity index (χ3v) is 5.31. The second-order valence-electron chi connectivity index (χ2n) is 3.47. The van der Waals surface area contributed by atoms with Gasteiger partial charge < -0.3 is 0 Å². The quantitative estimate of drug-likeness (QED) is 0.836. The largest absolute Gasteiger partial charge is 0.249 e. The van der Waals surface area contributed by atoms with Crippen LogP contribution < -0.4 is 0 Å². The van der Waals surface area contributed by atoms with E-state index in [0.29, 0.717) is 12.8 Å². The van der Waals surface area contributed by atoms with Crippen LogP contribution in [0.4, 0.5) is 8.78 Å². The van der Waals surface area contributed by atoms with Crippen molar-refractivity contribution in [2.75, 3.05) is 0 Å². The Bertz CT molecular complexity index is 511. The molecule has 82 valence electrons. The molecule has 1 saturated carbocycles. The van der Waals surface area contributed by atoms with Crippen molar-refractivity contribution in [2.24, 2.45) is 0 Å². The lowest BCUT2D eigenvalue weighted by atomic mass is 10.3. The maximum atomic E-state index is 13.4. The molecule has 0 aliphatic heterocycles. The third kappa shape index (κ3) is 1.80. The molecule has 0 spiro atoms. The van der Waals surface area contributed by atoms with E-state index >= 15 is 0 Å². The average Bonchev–Trinajstić information content (AvgIpc) is 2.97. The summed E-state index contributed by atoms with van der Waals surface area (Å²) in [5, 5.41) is -0.312. The monoisotopic (exact) mass is 295 g/mol. The Morgan fingerprint density at radius 3 is 2.47 bits per heavy atom. The van der Waals surface area contributed by atoms with Gasteiger partial charge >= 0.3 is 0 Å². The number of rotatable bonds is 2. The summed E-state index contributed by atoms with van der Waals surface area (Å²) in [5.74, 6) is -2.25. The van der Waals surface area contributed by atoms with Crippen LogP contribution in [-0.4, -0.2) is 9.46 Å². The molecule has 0 amide bonds. The van der Waals surface area contributed by atoms with Crippen LogP contribution in [0.3, 0.4) is 0 Å². The molecular weight excluding hydrogens is 288 g/mol. The van der Waals surface area contributed by atoms with Gasteiger partial charge in [-0.05, 0) is 40.9 Å². The number of hydrogen-bond acceptors (Lipinski definition) is 2. The maximum absolute atomic E-state index is 13.4. The van der Waals surface area contributed by atoms with Crippen LogP contribution in [0.2, 0.25) is 0 Å². The molecule has 6 heteroatoms. The molecule has 1 atom stereocenters. The molecule has 0 radical (unpaired) electrons. The van der Waals surface area contributed by atoms with Crippen LogP contribution in [0.1, 0.15) is 12.8 Å². The van der Waals surface area contributed by atoms with Crippen LogP contribution in [-0.2, 0) is 9.73 Å². The van der Waals surface area contributed by atoms with Crippen LogP contribution in [0.25, 0.3) is 0 Å². The van der Waals surface area contributed by atoms with Crippen molar-refractivity contribution in [1.29, 1.82) is 4.78 Å². The highest BCUT2D eigenvalue weighted by Gasteiger charge is 2.36. The van der Waals surface area contributed by atoms with Gasteiger partial charge in [0.25, 0.3) is 0 Å². The minimum atomic E-state index is -3.17. The summed E-state index contributed by atoms with van der Waals surface area (Å²) in [6.07, 6.45) is 1.30. The first-order chi connectivity index (χ1) is 6.94. The SMILES string of the molecule is N=S(=O)(c1ccc(Br)c(F)c1F)C1CC1. The summed E-state index contributed by atoms with van der Waals surface area (Å²) in [7, 11) is -3.17. The highest BCUT2D eigenvalue weighted by atomic mass is 79.9. The van der Waals surface area contributed by atoms with Gasteiger partial charge in [0.05, 0.1) is 19.1 Å². The van der Waals surface area contributed by atoms with E-state index in [1.807, 2.05) is 0 Å². The van der Waals surface area contributed by atoms with Gasteiger partial charge in [-0.15, -0.1) is 0 Å². The van der Waals surface area contributed by atoms with Gasteiger partial charge in [-0.25, -0.2) is 17.8 Å². The van der Waals surface area contributed by atoms with Gasteiger partial charge in [0.15, 0.2) is 11.6 Å². The maximum Gasteiger partial charge on any atom is 0.176 e. The summed E-state index contributed by atoms with van der Waals surface area (Å²) in [6.45, 7) is 0. The van der Waals surface area contributed by atoms with Crippen molar-refractivity contribution in [2.45, 2.75) is 23.0 Å². The molecule has 2 nitrogen and oxygen atoms in total. The van der Waals surface area contributed by atoms with Gasteiger partial charge in [0.2, 0.25) is 0 Å². The Hall–Kier alpha value is -0.490. The second-order valence-corrected chi connectivity index (χ2v) is 6.64. The number of hydrogen-bond donors (Lipinski definition) is 1. The number of benzene rings is 1. The van der Waals surface area contributed by atoms with Crippen LogP contribution >= 0.6 is 15.9 Å². The van der Waals surface area contributed by atoms with E-state index in [0.717, 1.165) is 0 Å². The van der Waals surface area contributed by atoms with E-state index in [1.54, 1.807) is 0 Å². The van der Waals surface area contributed by atoms with E-state index < -0.39 is 21.4 Å². The minimum absolute atomic E-state index is 0.0188. The molecule has 0 bridgehead atoms. The first-order valence-electron chi connectivity index (χ1n) is 4.35. The summed E-state index contributed by atoms with van der Waals surface area (Å²) >= 11 is 2.83. The molecule has 1 unspecified atom stereocenters. The fraction of sp³-hybridized carbons (Fsp3) is 0.333. The fourth-order valence-corrected chi connectivity index (χ4v) is 3.41. The number of nitrogens with one attached hydrogen (secondary N) is 1. The fourth-order valence-electron chi connectivity index (χ4n) is 1.32. The van der Waals surface area contributed by atoms with E-state index in [2.05, 4.69) is 15.9 Å². The van der Waals surface area contributed by atoms with Gasteiger partial charge in [0.1, 0.15) is 0 Å². The Kier molecular flexibility index (Phi) is 2.58. The van der Waals surface area contributed by atoms with E-state index in [-0.39, 0.29) is 14.6 Å². The zero-order chi connectivity index (χ0) is 11.2. The van der Waals surface area contributed by atoms with Crippen molar-refractivity contribution in [3.8, 4) is 0 Å². The predicted octanol–water partition coefficient (Wildman–Crippen LogP) is 3.30.